The Hall–Kier alpha value is -3.67. The highest BCUT2D eigenvalue weighted by Gasteiger charge is 2.10. The zero-order valence-electron chi connectivity index (χ0n) is 19.0. The normalized spacial score (nSPS) is 10.4. The Morgan fingerprint density at radius 1 is 0.844 bits per heavy atom. The van der Waals surface area contributed by atoms with Crippen LogP contribution in [0.3, 0.4) is 0 Å². The van der Waals surface area contributed by atoms with Crippen LogP contribution in [0.15, 0.2) is 60.7 Å². The number of benzene rings is 3. The number of anilines is 2. The number of nitrogens with one attached hydrogen (secondary N) is 2. The van der Waals surface area contributed by atoms with E-state index >= 15 is 0 Å². The number of rotatable bonds is 10. The fraction of sp³-hybridized carbons (Fsp3) is 0.269. The standard InChI is InChI=1S/C26H30N2O4/c1-5-31-25-15-20(16-27-21-9-11-23(30-4)12-10-21)7-13-24(25)32-17-26(29)28-22-8-6-18(2)19(3)14-22/h6-15,27H,5,16-17H2,1-4H3,(H,28,29). The fourth-order valence-corrected chi connectivity index (χ4v) is 3.12. The van der Waals surface area contributed by atoms with E-state index < -0.39 is 0 Å². The van der Waals surface area contributed by atoms with E-state index in [1.165, 1.54) is 5.56 Å². The van der Waals surface area contributed by atoms with Crippen molar-refractivity contribution in [1.82, 2.24) is 0 Å². The molecule has 0 radical (unpaired) electrons. The molecule has 0 saturated carbocycles. The van der Waals surface area contributed by atoms with E-state index in [1.807, 2.05) is 81.4 Å². The minimum atomic E-state index is -0.221. The van der Waals surface area contributed by atoms with Crippen molar-refractivity contribution < 1.29 is 19.0 Å². The predicted octanol–water partition coefficient (Wildman–Crippen LogP) is 5.34. The molecular formula is C26H30N2O4. The van der Waals surface area contributed by atoms with E-state index in [0.717, 1.165) is 28.3 Å². The Morgan fingerprint density at radius 2 is 1.59 bits per heavy atom. The summed E-state index contributed by atoms with van der Waals surface area (Å²) in [6, 6.07) is 19.3. The molecule has 3 aromatic rings. The largest absolute Gasteiger partial charge is 0.497 e. The van der Waals surface area contributed by atoms with Crippen LogP contribution in [0.2, 0.25) is 0 Å². The SMILES string of the molecule is CCOc1cc(CNc2ccc(OC)cc2)ccc1OCC(=O)Nc1ccc(C)c(C)c1. The first-order chi connectivity index (χ1) is 15.5. The molecule has 0 aliphatic rings. The van der Waals surface area contributed by atoms with E-state index in [1.54, 1.807) is 7.11 Å². The average molecular weight is 435 g/mol. The second-order valence-corrected chi connectivity index (χ2v) is 7.43. The summed E-state index contributed by atoms with van der Waals surface area (Å²) >= 11 is 0. The zero-order valence-corrected chi connectivity index (χ0v) is 19.0. The Morgan fingerprint density at radius 3 is 2.28 bits per heavy atom. The van der Waals surface area contributed by atoms with Crippen LogP contribution in [0.5, 0.6) is 17.2 Å². The number of ether oxygens (including phenoxy) is 3. The Kier molecular flexibility index (Phi) is 7.97. The van der Waals surface area contributed by atoms with Crippen molar-refractivity contribution in [2.24, 2.45) is 0 Å². The summed E-state index contributed by atoms with van der Waals surface area (Å²) in [4.78, 5) is 12.3. The topological polar surface area (TPSA) is 68.8 Å². The van der Waals surface area contributed by atoms with Crippen molar-refractivity contribution in [2.45, 2.75) is 27.3 Å². The van der Waals surface area contributed by atoms with Gasteiger partial charge in [0.15, 0.2) is 18.1 Å². The molecule has 3 rings (SSSR count). The van der Waals surface area contributed by atoms with Crippen LogP contribution < -0.4 is 24.8 Å². The molecule has 0 unspecified atom stereocenters. The highest BCUT2D eigenvalue weighted by atomic mass is 16.5. The maximum Gasteiger partial charge on any atom is 0.262 e. The van der Waals surface area contributed by atoms with E-state index in [9.17, 15) is 4.79 Å². The van der Waals surface area contributed by atoms with Gasteiger partial charge in [0.25, 0.3) is 5.91 Å². The zero-order chi connectivity index (χ0) is 22.9. The van der Waals surface area contributed by atoms with Crippen LogP contribution >= 0.6 is 0 Å². The lowest BCUT2D eigenvalue weighted by molar-refractivity contribution is -0.118. The van der Waals surface area contributed by atoms with Crippen molar-refractivity contribution in [3.8, 4) is 17.2 Å². The first-order valence-corrected chi connectivity index (χ1v) is 10.6. The Labute approximate surface area is 189 Å². The molecule has 0 atom stereocenters. The molecule has 2 N–H and O–H groups in total. The first kappa shape index (κ1) is 23.0. The summed E-state index contributed by atoms with van der Waals surface area (Å²) in [5.74, 6) is 1.74. The molecule has 0 fully saturated rings. The molecule has 0 heterocycles. The maximum absolute atomic E-state index is 12.3. The summed E-state index contributed by atoms with van der Waals surface area (Å²) in [7, 11) is 1.65. The van der Waals surface area contributed by atoms with Gasteiger partial charge < -0.3 is 24.8 Å². The number of methoxy groups -OCH3 is 1. The van der Waals surface area contributed by atoms with Crippen LogP contribution in [0.4, 0.5) is 11.4 Å². The van der Waals surface area contributed by atoms with Gasteiger partial charge >= 0.3 is 0 Å². The van der Waals surface area contributed by atoms with E-state index in [4.69, 9.17) is 14.2 Å². The number of amides is 1. The second kappa shape index (κ2) is 11.1. The third-order valence-corrected chi connectivity index (χ3v) is 5.04. The van der Waals surface area contributed by atoms with Gasteiger partial charge in [-0.1, -0.05) is 12.1 Å². The quantitative estimate of drug-likeness (QED) is 0.451. The summed E-state index contributed by atoms with van der Waals surface area (Å²) < 4.78 is 16.7. The minimum Gasteiger partial charge on any atom is -0.497 e. The number of hydrogen-bond donors (Lipinski definition) is 2. The molecule has 168 valence electrons. The van der Waals surface area contributed by atoms with E-state index in [-0.39, 0.29) is 12.5 Å². The fourth-order valence-electron chi connectivity index (χ4n) is 3.12. The minimum absolute atomic E-state index is 0.101. The third-order valence-electron chi connectivity index (χ3n) is 5.04. The number of carbonyl (C=O) groups excluding carboxylic acids is 1. The van der Waals surface area contributed by atoms with Crippen molar-refractivity contribution in [1.29, 1.82) is 0 Å². The molecule has 3 aromatic carbocycles. The predicted molar refractivity (Wildman–Crippen MR) is 128 cm³/mol. The molecule has 1 amide bonds. The molecule has 0 aliphatic carbocycles. The van der Waals surface area contributed by atoms with Crippen molar-refractivity contribution in [3.05, 3.63) is 77.4 Å². The maximum atomic E-state index is 12.3. The number of aryl methyl sites for hydroxylation is 2. The van der Waals surface area contributed by atoms with Crippen LogP contribution in [0.25, 0.3) is 0 Å². The molecule has 32 heavy (non-hydrogen) atoms. The van der Waals surface area contributed by atoms with Gasteiger partial charge in [0, 0.05) is 17.9 Å². The third kappa shape index (κ3) is 6.41. The summed E-state index contributed by atoms with van der Waals surface area (Å²) in [5.41, 5.74) is 5.10. The van der Waals surface area contributed by atoms with Gasteiger partial charge in [-0.3, -0.25) is 4.79 Å². The summed E-state index contributed by atoms with van der Waals surface area (Å²) in [5, 5.41) is 6.24. The molecule has 0 bridgehead atoms. The van der Waals surface area contributed by atoms with E-state index in [0.29, 0.717) is 24.7 Å². The van der Waals surface area contributed by atoms with Gasteiger partial charge in [0.2, 0.25) is 0 Å². The van der Waals surface area contributed by atoms with Crippen LogP contribution in [-0.4, -0.2) is 26.2 Å². The van der Waals surface area contributed by atoms with Gasteiger partial charge in [-0.15, -0.1) is 0 Å². The van der Waals surface area contributed by atoms with Crippen molar-refractivity contribution >= 4 is 17.3 Å². The van der Waals surface area contributed by atoms with Gasteiger partial charge in [0.1, 0.15) is 5.75 Å². The average Bonchev–Trinajstić information content (AvgIpc) is 2.80. The molecule has 0 aromatic heterocycles. The first-order valence-electron chi connectivity index (χ1n) is 10.6. The monoisotopic (exact) mass is 434 g/mol. The lowest BCUT2D eigenvalue weighted by Gasteiger charge is -2.14. The van der Waals surface area contributed by atoms with Crippen molar-refractivity contribution in [2.75, 3.05) is 31.0 Å². The van der Waals surface area contributed by atoms with Crippen LogP contribution in [-0.2, 0) is 11.3 Å². The highest BCUT2D eigenvalue weighted by molar-refractivity contribution is 5.92. The smallest absolute Gasteiger partial charge is 0.262 e. The van der Waals surface area contributed by atoms with Crippen LogP contribution in [0, 0.1) is 13.8 Å². The van der Waals surface area contributed by atoms with Gasteiger partial charge in [-0.05, 0) is 86.0 Å². The van der Waals surface area contributed by atoms with Crippen LogP contribution in [0.1, 0.15) is 23.6 Å². The number of carbonyl (C=O) groups is 1. The molecule has 6 heteroatoms. The van der Waals surface area contributed by atoms with Gasteiger partial charge in [-0.2, -0.15) is 0 Å². The van der Waals surface area contributed by atoms with Gasteiger partial charge in [0.05, 0.1) is 13.7 Å². The number of hydrogen-bond acceptors (Lipinski definition) is 5. The molecule has 0 aliphatic heterocycles. The van der Waals surface area contributed by atoms with E-state index in [2.05, 4.69) is 10.6 Å². The Balaban J connectivity index is 1.59. The lowest BCUT2D eigenvalue weighted by Crippen LogP contribution is -2.20. The molecular weight excluding hydrogens is 404 g/mol. The lowest BCUT2D eigenvalue weighted by atomic mass is 10.1. The molecule has 0 spiro atoms. The highest BCUT2D eigenvalue weighted by Crippen LogP contribution is 2.29. The Bertz CT molecular complexity index is 1050. The summed E-state index contributed by atoms with van der Waals surface area (Å²) in [6.45, 7) is 6.99. The van der Waals surface area contributed by atoms with Crippen molar-refractivity contribution in [3.63, 3.8) is 0 Å². The van der Waals surface area contributed by atoms with Gasteiger partial charge in [-0.25, -0.2) is 0 Å². The second-order valence-electron chi connectivity index (χ2n) is 7.43. The summed E-state index contributed by atoms with van der Waals surface area (Å²) in [6.07, 6.45) is 0. The molecule has 6 nitrogen and oxygen atoms in total. The molecule has 0 saturated heterocycles.